The zero-order valence-corrected chi connectivity index (χ0v) is 16.0. The van der Waals surface area contributed by atoms with Gasteiger partial charge in [-0.1, -0.05) is 29.8 Å². The van der Waals surface area contributed by atoms with Crippen molar-refractivity contribution < 1.29 is 9.53 Å². The molecule has 0 bridgehead atoms. The summed E-state index contributed by atoms with van der Waals surface area (Å²) in [5, 5.41) is 0.733. The van der Waals surface area contributed by atoms with Crippen molar-refractivity contribution in [2.24, 2.45) is 0 Å². The molecule has 6 heteroatoms. The number of hydrogen-bond acceptors (Lipinski definition) is 3. The second-order valence-electron chi connectivity index (χ2n) is 5.57. The molecule has 4 nitrogen and oxygen atoms in total. The van der Waals surface area contributed by atoms with E-state index in [0.717, 1.165) is 33.1 Å². The number of halogens is 2. The van der Waals surface area contributed by atoms with Crippen LogP contribution in [0.2, 0.25) is 5.02 Å². The molecule has 3 rings (SSSR count). The van der Waals surface area contributed by atoms with Crippen LogP contribution in [-0.4, -0.2) is 43.6 Å². The fraction of sp³-hybridized carbons (Fsp3) is 0.278. The topological polar surface area (TPSA) is 32.8 Å². The van der Waals surface area contributed by atoms with Crippen molar-refractivity contribution in [3.8, 4) is 5.75 Å². The van der Waals surface area contributed by atoms with Gasteiger partial charge in [0.25, 0.3) is 5.91 Å². The van der Waals surface area contributed by atoms with Gasteiger partial charge in [-0.05, 0) is 52.9 Å². The quantitative estimate of drug-likeness (QED) is 0.658. The van der Waals surface area contributed by atoms with Gasteiger partial charge < -0.3 is 14.5 Å². The van der Waals surface area contributed by atoms with E-state index in [4.69, 9.17) is 16.3 Å². The van der Waals surface area contributed by atoms with Crippen molar-refractivity contribution >= 4 is 45.8 Å². The lowest BCUT2D eigenvalue weighted by Gasteiger charge is -2.36. The molecule has 0 atom stereocenters. The summed E-state index contributed by atoms with van der Waals surface area (Å²) in [5.41, 5.74) is 1.10. The van der Waals surface area contributed by atoms with Gasteiger partial charge in [-0.15, -0.1) is 0 Å². The highest BCUT2D eigenvalue weighted by atomic mass is 127. The van der Waals surface area contributed by atoms with E-state index in [1.807, 2.05) is 53.4 Å². The molecule has 0 aliphatic carbocycles. The van der Waals surface area contributed by atoms with E-state index >= 15 is 0 Å². The van der Waals surface area contributed by atoms with Gasteiger partial charge in [0.15, 0.2) is 6.61 Å². The molecular formula is C18H18ClIN2O2. The van der Waals surface area contributed by atoms with E-state index in [9.17, 15) is 4.79 Å². The van der Waals surface area contributed by atoms with Gasteiger partial charge in [0.2, 0.25) is 0 Å². The summed E-state index contributed by atoms with van der Waals surface area (Å²) >= 11 is 8.25. The summed E-state index contributed by atoms with van der Waals surface area (Å²) in [6.45, 7) is 3.07. The molecule has 0 N–H and O–H groups in total. The van der Waals surface area contributed by atoms with Crippen LogP contribution in [0.4, 0.5) is 5.69 Å². The molecule has 2 aromatic carbocycles. The predicted octanol–water partition coefficient (Wildman–Crippen LogP) is 3.67. The number of piperazine rings is 1. The highest BCUT2D eigenvalue weighted by molar-refractivity contribution is 14.1. The van der Waals surface area contributed by atoms with E-state index in [1.165, 1.54) is 0 Å². The Bertz CT molecular complexity index is 718. The van der Waals surface area contributed by atoms with Crippen LogP contribution >= 0.6 is 34.2 Å². The Morgan fingerprint density at radius 1 is 1.08 bits per heavy atom. The highest BCUT2D eigenvalue weighted by Crippen LogP contribution is 2.22. The first-order valence-corrected chi connectivity index (χ1v) is 9.25. The molecule has 126 valence electrons. The number of amides is 1. The average molecular weight is 457 g/mol. The molecule has 0 saturated carbocycles. The minimum absolute atomic E-state index is 0.0281. The van der Waals surface area contributed by atoms with Crippen molar-refractivity contribution in [2.75, 3.05) is 37.7 Å². The van der Waals surface area contributed by atoms with Gasteiger partial charge in [0, 0.05) is 36.9 Å². The second-order valence-corrected chi connectivity index (χ2v) is 7.17. The van der Waals surface area contributed by atoms with Crippen LogP contribution in [0.1, 0.15) is 0 Å². The zero-order chi connectivity index (χ0) is 16.9. The molecule has 1 fully saturated rings. The van der Waals surface area contributed by atoms with Crippen LogP contribution in [0.3, 0.4) is 0 Å². The summed E-state index contributed by atoms with van der Waals surface area (Å²) < 4.78 is 6.66. The second kappa shape index (κ2) is 8.07. The van der Waals surface area contributed by atoms with Crippen molar-refractivity contribution in [2.45, 2.75) is 0 Å². The van der Waals surface area contributed by atoms with Crippen LogP contribution in [0.5, 0.6) is 5.75 Å². The minimum Gasteiger partial charge on any atom is -0.483 e. The number of anilines is 1. The number of nitrogens with zero attached hydrogens (tertiary/aromatic N) is 2. The molecule has 0 aromatic heterocycles. The molecule has 1 amide bonds. The Balaban J connectivity index is 1.51. The van der Waals surface area contributed by atoms with E-state index in [2.05, 4.69) is 27.5 Å². The maximum Gasteiger partial charge on any atom is 0.260 e. The first kappa shape index (κ1) is 17.4. The smallest absolute Gasteiger partial charge is 0.260 e. The molecule has 24 heavy (non-hydrogen) atoms. The van der Waals surface area contributed by atoms with Crippen LogP contribution in [0.25, 0.3) is 0 Å². The Morgan fingerprint density at radius 3 is 2.54 bits per heavy atom. The number of carbonyl (C=O) groups excluding carboxylic acids is 1. The van der Waals surface area contributed by atoms with Gasteiger partial charge >= 0.3 is 0 Å². The number of hydrogen-bond donors (Lipinski definition) is 0. The lowest BCUT2D eigenvalue weighted by Crippen LogP contribution is -2.50. The molecule has 1 aliphatic heterocycles. The van der Waals surface area contributed by atoms with E-state index in [-0.39, 0.29) is 12.5 Å². The lowest BCUT2D eigenvalue weighted by molar-refractivity contribution is -0.133. The number of para-hydroxylation sites is 1. The fourth-order valence-corrected chi connectivity index (χ4v) is 3.41. The molecule has 1 aliphatic rings. The monoisotopic (exact) mass is 456 g/mol. The Morgan fingerprint density at radius 2 is 1.83 bits per heavy atom. The highest BCUT2D eigenvalue weighted by Gasteiger charge is 2.21. The molecule has 2 aromatic rings. The predicted molar refractivity (Wildman–Crippen MR) is 105 cm³/mol. The third kappa shape index (κ3) is 4.33. The van der Waals surface area contributed by atoms with Gasteiger partial charge in [-0.3, -0.25) is 4.79 Å². The number of ether oxygens (including phenoxy) is 1. The third-order valence-corrected chi connectivity index (χ3v) is 5.12. The normalized spacial score (nSPS) is 14.6. The lowest BCUT2D eigenvalue weighted by atomic mass is 10.2. The summed E-state index contributed by atoms with van der Waals surface area (Å²) in [7, 11) is 0. The number of benzene rings is 2. The number of rotatable bonds is 4. The molecule has 1 saturated heterocycles. The fourth-order valence-electron chi connectivity index (χ4n) is 2.68. The first-order valence-electron chi connectivity index (χ1n) is 7.79. The van der Waals surface area contributed by atoms with E-state index in [0.29, 0.717) is 13.1 Å². The summed E-state index contributed by atoms with van der Waals surface area (Å²) in [4.78, 5) is 16.4. The van der Waals surface area contributed by atoms with Crippen molar-refractivity contribution in [1.82, 2.24) is 4.90 Å². The summed E-state index contributed by atoms with van der Waals surface area (Å²) in [6, 6.07) is 15.5. The van der Waals surface area contributed by atoms with Gasteiger partial charge in [-0.25, -0.2) is 0 Å². The van der Waals surface area contributed by atoms with E-state index in [1.54, 1.807) is 0 Å². The van der Waals surface area contributed by atoms with Crippen LogP contribution in [0.15, 0.2) is 48.5 Å². The van der Waals surface area contributed by atoms with Crippen molar-refractivity contribution in [1.29, 1.82) is 0 Å². The largest absolute Gasteiger partial charge is 0.483 e. The maximum atomic E-state index is 12.3. The molecule has 1 heterocycles. The Labute approximate surface area is 160 Å². The van der Waals surface area contributed by atoms with Crippen LogP contribution < -0.4 is 9.64 Å². The van der Waals surface area contributed by atoms with Gasteiger partial charge in [-0.2, -0.15) is 0 Å². The summed E-state index contributed by atoms with van der Waals surface area (Å²) in [5.74, 6) is 0.782. The zero-order valence-electron chi connectivity index (χ0n) is 13.1. The Hall–Kier alpha value is -1.47. The standard InChI is InChI=1S/C18H18ClIN2O2/c19-14-4-3-5-15(12-14)21-8-10-22(11-9-21)18(23)13-24-17-7-2-1-6-16(17)20/h1-7,12H,8-11,13H2. The van der Waals surface area contributed by atoms with E-state index < -0.39 is 0 Å². The SMILES string of the molecule is O=C(COc1ccccc1I)N1CCN(c2cccc(Cl)c2)CC1. The van der Waals surface area contributed by atoms with Gasteiger partial charge in [0.05, 0.1) is 3.57 Å². The Kier molecular flexibility index (Phi) is 5.84. The van der Waals surface area contributed by atoms with Gasteiger partial charge in [0.1, 0.15) is 5.75 Å². The number of carbonyl (C=O) groups is 1. The van der Waals surface area contributed by atoms with Crippen molar-refractivity contribution in [3.63, 3.8) is 0 Å². The summed E-state index contributed by atoms with van der Waals surface area (Å²) in [6.07, 6.45) is 0. The molecule has 0 spiro atoms. The first-order chi connectivity index (χ1) is 11.6. The minimum atomic E-state index is 0.0281. The molecule has 0 radical (unpaired) electrons. The van der Waals surface area contributed by atoms with Crippen LogP contribution in [-0.2, 0) is 4.79 Å². The van der Waals surface area contributed by atoms with Crippen LogP contribution in [0, 0.1) is 3.57 Å². The molecule has 0 unspecified atom stereocenters. The third-order valence-electron chi connectivity index (χ3n) is 3.99. The van der Waals surface area contributed by atoms with Crippen molar-refractivity contribution in [3.05, 3.63) is 57.1 Å². The maximum absolute atomic E-state index is 12.3. The average Bonchev–Trinajstić information content (AvgIpc) is 2.61. The molecular weight excluding hydrogens is 439 g/mol.